The van der Waals surface area contributed by atoms with Crippen LogP contribution in [0.4, 0.5) is 0 Å². The van der Waals surface area contributed by atoms with Crippen LogP contribution in [0, 0.1) is 5.92 Å². The van der Waals surface area contributed by atoms with Gasteiger partial charge in [-0.3, -0.25) is 9.59 Å². The number of nitrogens with zero attached hydrogens (tertiary/aromatic N) is 1. The maximum absolute atomic E-state index is 11.8. The molecule has 2 N–H and O–H groups in total. The van der Waals surface area contributed by atoms with Gasteiger partial charge >= 0.3 is 11.8 Å². The lowest BCUT2D eigenvalue weighted by molar-refractivity contribution is -0.145. The van der Waals surface area contributed by atoms with Crippen molar-refractivity contribution in [2.75, 3.05) is 32.7 Å². The summed E-state index contributed by atoms with van der Waals surface area (Å²) in [6.45, 7) is 7.67. The molecular weight excluding hydrogens is 218 g/mol. The quantitative estimate of drug-likeness (QED) is 0.682. The number of nitrogens with one attached hydrogen (secondary N) is 2. The van der Waals surface area contributed by atoms with Gasteiger partial charge in [0.2, 0.25) is 0 Å². The maximum atomic E-state index is 11.8. The highest BCUT2D eigenvalue weighted by molar-refractivity contribution is 6.35. The van der Waals surface area contributed by atoms with E-state index in [4.69, 9.17) is 0 Å². The van der Waals surface area contributed by atoms with Crippen LogP contribution in [0.25, 0.3) is 0 Å². The van der Waals surface area contributed by atoms with Crippen LogP contribution in [0.5, 0.6) is 0 Å². The topological polar surface area (TPSA) is 61.4 Å². The van der Waals surface area contributed by atoms with E-state index in [9.17, 15) is 9.59 Å². The second kappa shape index (κ2) is 7.27. The van der Waals surface area contributed by atoms with Crippen LogP contribution in [-0.4, -0.2) is 49.4 Å². The first-order valence-electron chi connectivity index (χ1n) is 6.43. The molecule has 0 radical (unpaired) electrons. The van der Waals surface area contributed by atoms with Gasteiger partial charge in [-0.2, -0.15) is 0 Å². The Kier molecular flexibility index (Phi) is 5.97. The summed E-state index contributed by atoms with van der Waals surface area (Å²) >= 11 is 0. The van der Waals surface area contributed by atoms with E-state index in [2.05, 4.69) is 24.5 Å². The highest BCUT2D eigenvalue weighted by atomic mass is 16.2. The molecule has 1 unspecified atom stereocenters. The van der Waals surface area contributed by atoms with Crippen molar-refractivity contribution in [2.24, 2.45) is 5.92 Å². The second-order valence-electron chi connectivity index (χ2n) is 4.62. The van der Waals surface area contributed by atoms with Crippen LogP contribution in [0.3, 0.4) is 0 Å². The van der Waals surface area contributed by atoms with E-state index in [0.29, 0.717) is 25.6 Å². The molecule has 0 spiro atoms. The molecule has 0 aliphatic carbocycles. The van der Waals surface area contributed by atoms with Gasteiger partial charge in [-0.1, -0.05) is 20.3 Å². The van der Waals surface area contributed by atoms with Crippen molar-refractivity contribution in [2.45, 2.75) is 26.7 Å². The summed E-state index contributed by atoms with van der Waals surface area (Å²) in [7, 11) is 0. The van der Waals surface area contributed by atoms with Gasteiger partial charge in [0.25, 0.3) is 0 Å². The van der Waals surface area contributed by atoms with Gasteiger partial charge in [0, 0.05) is 26.2 Å². The first-order chi connectivity index (χ1) is 8.15. The summed E-state index contributed by atoms with van der Waals surface area (Å²) in [5.41, 5.74) is 0. The van der Waals surface area contributed by atoms with E-state index >= 15 is 0 Å². The van der Waals surface area contributed by atoms with Crippen molar-refractivity contribution < 1.29 is 9.59 Å². The van der Waals surface area contributed by atoms with Crippen molar-refractivity contribution in [3.63, 3.8) is 0 Å². The van der Waals surface area contributed by atoms with Crippen LogP contribution in [0.2, 0.25) is 0 Å². The molecule has 17 heavy (non-hydrogen) atoms. The average Bonchev–Trinajstić information content (AvgIpc) is 2.63. The smallest absolute Gasteiger partial charge is 0.311 e. The number of rotatable bonds is 3. The standard InChI is InChI=1S/C12H23N3O2/c1-3-10(2)9-14-11(16)12(17)15-7-4-5-13-6-8-15/h10,13H,3-9H2,1-2H3,(H,14,16). The molecule has 0 aromatic carbocycles. The predicted molar refractivity (Wildman–Crippen MR) is 66.5 cm³/mol. The maximum Gasteiger partial charge on any atom is 0.311 e. The van der Waals surface area contributed by atoms with Crippen molar-refractivity contribution in [1.29, 1.82) is 0 Å². The summed E-state index contributed by atoms with van der Waals surface area (Å²) in [4.78, 5) is 25.1. The van der Waals surface area contributed by atoms with Gasteiger partial charge in [0.1, 0.15) is 0 Å². The SMILES string of the molecule is CCC(C)CNC(=O)C(=O)N1CCCNCC1. The Balaban J connectivity index is 2.36. The first kappa shape index (κ1) is 14.0. The summed E-state index contributed by atoms with van der Waals surface area (Å²) < 4.78 is 0. The Morgan fingerprint density at radius 1 is 1.35 bits per heavy atom. The van der Waals surface area contributed by atoms with Gasteiger partial charge < -0.3 is 15.5 Å². The highest BCUT2D eigenvalue weighted by Crippen LogP contribution is 1.99. The Bertz CT molecular complexity index is 260. The van der Waals surface area contributed by atoms with Gasteiger partial charge in [0.05, 0.1) is 0 Å². The van der Waals surface area contributed by atoms with E-state index in [1.165, 1.54) is 0 Å². The molecule has 0 aromatic heterocycles. The minimum Gasteiger partial charge on any atom is -0.348 e. The molecule has 5 nitrogen and oxygen atoms in total. The molecule has 1 fully saturated rings. The zero-order valence-corrected chi connectivity index (χ0v) is 10.8. The lowest BCUT2D eigenvalue weighted by Crippen LogP contribution is -2.45. The van der Waals surface area contributed by atoms with Crippen molar-refractivity contribution >= 4 is 11.8 Å². The van der Waals surface area contributed by atoms with Crippen molar-refractivity contribution in [3.8, 4) is 0 Å². The number of hydrogen-bond donors (Lipinski definition) is 2. The zero-order chi connectivity index (χ0) is 12.7. The fourth-order valence-corrected chi connectivity index (χ4v) is 1.68. The predicted octanol–water partition coefficient (Wildman–Crippen LogP) is -0.0294. The lowest BCUT2D eigenvalue weighted by Gasteiger charge is -2.19. The third-order valence-electron chi connectivity index (χ3n) is 3.13. The Morgan fingerprint density at radius 3 is 2.82 bits per heavy atom. The Morgan fingerprint density at radius 2 is 2.12 bits per heavy atom. The molecule has 1 rings (SSSR count). The molecular formula is C12H23N3O2. The molecule has 1 saturated heterocycles. The summed E-state index contributed by atoms with van der Waals surface area (Å²) in [6.07, 6.45) is 1.91. The fraction of sp³-hybridized carbons (Fsp3) is 0.833. The van der Waals surface area contributed by atoms with E-state index in [0.717, 1.165) is 25.9 Å². The fourth-order valence-electron chi connectivity index (χ4n) is 1.68. The Hall–Kier alpha value is -1.10. The normalized spacial score (nSPS) is 18.4. The first-order valence-corrected chi connectivity index (χ1v) is 6.43. The monoisotopic (exact) mass is 241 g/mol. The number of carbonyl (C=O) groups excluding carboxylic acids is 2. The van der Waals surface area contributed by atoms with Gasteiger partial charge in [-0.05, 0) is 18.9 Å². The molecule has 0 saturated carbocycles. The van der Waals surface area contributed by atoms with E-state index < -0.39 is 11.8 Å². The van der Waals surface area contributed by atoms with Gasteiger partial charge in [-0.25, -0.2) is 0 Å². The minimum absolute atomic E-state index is 0.392. The molecule has 0 aromatic rings. The number of amides is 2. The van der Waals surface area contributed by atoms with Crippen LogP contribution in [-0.2, 0) is 9.59 Å². The van der Waals surface area contributed by atoms with Crippen LogP contribution >= 0.6 is 0 Å². The molecule has 1 heterocycles. The van der Waals surface area contributed by atoms with Crippen LogP contribution in [0.1, 0.15) is 26.7 Å². The molecule has 1 aliphatic heterocycles. The van der Waals surface area contributed by atoms with Crippen LogP contribution in [0.15, 0.2) is 0 Å². The molecule has 1 atom stereocenters. The molecule has 5 heteroatoms. The number of carbonyl (C=O) groups is 2. The third-order valence-corrected chi connectivity index (χ3v) is 3.13. The van der Waals surface area contributed by atoms with Gasteiger partial charge in [-0.15, -0.1) is 0 Å². The molecule has 2 amide bonds. The van der Waals surface area contributed by atoms with Crippen molar-refractivity contribution in [1.82, 2.24) is 15.5 Å². The zero-order valence-electron chi connectivity index (χ0n) is 10.8. The average molecular weight is 241 g/mol. The molecule has 98 valence electrons. The van der Waals surface area contributed by atoms with Crippen LogP contribution < -0.4 is 10.6 Å². The lowest BCUT2D eigenvalue weighted by atomic mass is 10.1. The van der Waals surface area contributed by atoms with Gasteiger partial charge in [0.15, 0.2) is 0 Å². The largest absolute Gasteiger partial charge is 0.348 e. The molecule has 1 aliphatic rings. The molecule has 0 bridgehead atoms. The van der Waals surface area contributed by atoms with E-state index in [-0.39, 0.29) is 0 Å². The summed E-state index contributed by atoms with van der Waals surface area (Å²) in [6, 6.07) is 0. The van der Waals surface area contributed by atoms with E-state index in [1.54, 1.807) is 4.90 Å². The number of hydrogen-bond acceptors (Lipinski definition) is 3. The second-order valence-corrected chi connectivity index (χ2v) is 4.62. The Labute approximate surface area is 103 Å². The van der Waals surface area contributed by atoms with Crippen molar-refractivity contribution in [3.05, 3.63) is 0 Å². The highest BCUT2D eigenvalue weighted by Gasteiger charge is 2.22. The van der Waals surface area contributed by atoms with E-state index in [1.807, 2.05) is 0 Å². The third kappa shape index (κ3) is 4.73. The minimum atomic E-state index is -0.466. The summed E-state index contributed by atoms with van der Waals surface area (Å²) in [5.74, 6) is -0.443. The summed E-state index contributed by atoms with van der Waals surface area (Å²) in [5, 5.41) is 5.91.